The van der Waals surface area contributed by atoms with Gasteiger partial charge in [0.15, 0.2) is 0 Å². The Balaban J connectivity index is 2.04. The van der Waals surface area contributed by atoms with E-state index in [2.05, 4.69) is 34.6 Å². The highest BCUT2D eigenvalue weighted by molar-refractivity contribution is 7.13. The fourth-order valence-corrected chi connectivity index (χ4v) is 3.49. The van der Waals surface area contributed by atoms with Gasteiger partial charge in [0, 0.05) is 42.5 Å². The third-order valence-corrected chi connectivity index (χ3v) is 4.87. The predicted molar refractivity (Wildman–Crippen MR) is 112 cm³/mol. The Bertz CT molecular complexity index is 955. The molecule has 3 aromatic heterocycles. The number of rotatable bonds is 7. The van der Waals surface area contributed by atoms with Gasteiger partial charge in [-0.25, -0.2) is 9.97 Å². The molecular formula is C19H25N7S. The fourth-order valence-electron chi connectivity index (χ4n) is 2.73. The van der Waals surface area contributed by atoms with Crippen molar-refractivity contribution in [2.75, 3.05) is 10.6 Å². The second-order valence-electron chi connectivity index (χ2n) is 6.87. The largest absolute Gasteiger partial charge is 0.379 e. The average Bonchev–Trinajstić information content (AvgIpc) is 3.21. The summed E-state index contributed by atoms with van der Waals surface area (Å²) in [5, 5.41) is 22.2. The Morgan fingerprint density at radius 3 is 2.67 bits per heavy atom. The van der Waals surface area contributed by atoms with Gasteiger partial charge in [0.25, 0.3) is 0 Å². The first-order valence-corrected chi connectivity index (χ1v) is 9.72. The van der Waals surface area contributed by atoms with Crippen molar-refractivity contribution in [3.63, 3.8) is 0 Å². The lowest BCUT2D eigenvalue weighted by Crippen LogP contribution is -2.17. The first-order chi connectivity index (χ1) is 12.8. The molecule has 3 N–H and O–H groups in total. The summed E-state index contributed by atoms with van der Waals surface area (Å²) in [7, 11) is 1.90. The zero-order valence-electron chi connectivity index (χ0n) is 16.3. The summed E-state index contributed by atoms with van der Waals surface area (Å²) >= 11 is 1.56. The number of hydrogen-bond donors (Lipinski definition) is 3. The molecule has 0 atom stereocenters. The summed E-state index contributed by atoms with van der Waals surface area (Å²) in [4.78, 5) is 9.29. The maximum atomic E-state index is 8.22. The van der Waals surface area contributed by atoms with E-state index in [1.807, 2.05) is 37.8 Å². The maximum Gasteiger partial charge on any atom is 0.142 e. The Morgan fingerprint density at radius 1 is 1.33 bits per heavy atom. The van der Waals surface area contributed by atoms with Gasteiger partial charge < -0.3 is 16.0 Å². The second kappa shape index (κ2) is 7.87. The summed E-state index contributed by atoms with van der Waals surface area (Å²) in [6, 6.07) is 2.23. The minimum atomic E-state index is 0.219. The number of aromatic nitrogens is 4. The van der Waals surface area contributed by atoms with E-state index in [9.17, 15) is 0 Å². The number of thiazole rings is 1. The minimum absolute atomic E-state index is 0.219. The molecule has 3 rings (SSSR count). The van der Waals surface area contributed by atoms with Crippen LogP contribution in [0.4, 0.5) is 11.4 Å². The third kappa shape index (κ3) is 4.51. The summed E-state index contributed by atoms with van der Waals surface area (Å²) in [6.07, 6.45) is 3.83. The summed E-state index contributed by atoms with van der Waals surface area (Å²) in [5.41, 5.74) is 5.65. The smallest absolute Gasteiger partial charge is 0.142 e. The van der Waals surface area contributed by atoms with Gasteiger partial charge in [0.2, 0.25) is 0 Å². The van der Waals surface area contributed by atoms with Crippen molar-refractivity contribution in [1.29, 1.82) is 5.41 Å². The van der Waals surface area contributed by atoms with Gasteiger partial charge in [-0.15, -0.1) is 11.3 Å². The van der Waals surface area contributed by atoms with E-state index in [0.717, 1.165) is 33.3 Å². The lowest BCUT2D eigenvalue weighted by atomic mass is 10.1. The van der Waals surface area contributed by atoms with Gasteiger partial charge in [-0.2, -0.15) is 5.10 Å². The van der Waals surface area contributed by atoms with E-state index < -0.39 is 0 Å². The predicted octanol–water partition coefficient (Wildman–Crippen LogP) is 4.07. The average molecular weight is 384 g/mol. The van der Waals surface area contributed by atoms with Gasteiger partial charge in [0.1, 0.15) is 16.4 Å². The molecular weight excluding hydrogens is 358 g/mol. The van der Waals surface area contributed by atoms with Crippen molar-refractivity contribution in [3.05, 3.63) is 40.8 Å². The molecule has 0 unspecified atom stereocenters. The van der Waals surface area contributed by atoms with Crippen LogP contribution < -0.4 is 10.6 Å². The van der Waals surface area contributed by atoms with Gasteiger partial charge in [-0.1, -0.05) is 0 Å². The number of anilines is 2. The van der Waals surface area contributed by atoms with Crippen LogP contribution in [-0.4, -0.2) is 31.5 Å². The maximum absolute atomic E-state index is 8.22. The molecule has 0 aliphatic carbocycles. The number of nitrogens with one attached hydrogen (secondary N) is 3. The summed E-state index contributed by atoms with van der Waals surface area (Å²) in [6.45, 7) is 8.52. The van der Waals surface area contributed by atoms with Gasteiger partial charge >= 0.3 is 0 Å². The molecule has 0 aliphatic rings. The monoisotopic (exact) mass is 383 g/mol. The Hall–Kier alpha value is -2.74. The molecule has 0 saturated carbocycles. The van der Waals surface area contributed by atoms with E-state index >= 15 is 0 Å². The van der Waals surface area contributed by atoms with Crippen LogP contribution in [0.1, 0.15) is 37.7 Å². The molecule has 0 aromatic carbocycles. The van der Waals surface area contributed by atoms with Crippen molar-refractivity contribution in [2.45, 2.75) is 40.3 Å². The molecule has 8 heteroatoms. The lowest BCUT2D eigenvalue weighted by Gasteiger charge is -2.20. The van der Waals surface area contributed by atoms with Crippen molar-refractivity contribution in [2.24, 2.45) is 7.05 Å². The standard InChI is InChI=1S/C19H25N7S/c1-11(2)23-18-15(21-7-14-8-22-26(5)9-14)6-16(25-17(18)13(4)20)19-24-12(3)10-27-19/h6,8-11,20,23H,7H2,1-5H3,(H,21,25). The van der Waals surface area contributed by atoms with E-state index in [0.29, 0.717) is 18.0 Å². The molecule has 3 heterocycles. The zero-order valence-corrected chi connectivity index (χ0v) is 17.1. The van der Waals surface area contributed by atoms with Gasteiger partial charge in [-0.3, -0.25) is 4.68 Å². The van der Waals surface area contributed by atoms with E-state index in [-0.39, 0.29) is 6.04 Å². The third-order valence-electron chi connectivity index (χ3n) is 3.89. The van der Waals surface area contributed by atoms with Crippen molar-refractivity contribution in [1.82, 2.24) is 19.7 Å². The van der Waals surface area contributed by atoms with Gasteiger partial charge in [0.05, 0.1) is 23.3 Å². The van der Waals surface area contributed by atoms with Crippen LogP contribution in [-0.2, 0) is 13.6 Å². The molecule has 142 valence electrons. The summed E-state index contributed by atoms with van der Waals surface area (Å²) in [5.74, 6) is 0. The topological polar surface area (TPSA) is 91.5 Å². The molecule has 0 spiro atoms. The first kappa shape index (κ1) is 19.0. The normalized spacial score (nSPS) is 11.0. The van der Waals surface area contributed by atoms with Crippen LogP contribution in [0.5, 0.6) is 0 Å². The van der Waals surface area contributed by atoms with Crippen LogP contribution in [0.3, 0.4) is 0 Å². The zero-order chi connectivity index (χ0) is 19.6. The van der Waals surface area contributed by atoms with Crippen molar-refractivity contribution >= 4 is 28.4 Å². The molecule has 3 aromatic rings. The fraction of sp³-hybridized carbons (Fsp3) is 0.368. The van der Waals surface area contributed by atoms with Crippen LogP contribution in [0.15, 0.2) is 23.8 Å². The number of aryl methyl sites for hydroxylation is 2. The Morgan fingerprint density at radius 2 is 2.11 bits per heavy atom. The van der Waals surface area contributed by atoms with Gasteiger partial charge in [-0.05, 0) is 33.8 Å². The van der Waals surface area contributed by atoms with Crippen LogP contribution in [0, 0.1) is 12.3 Å². The second-order valence-corrected chi connectivity index (χ2v) is 7.73. The molecule has 0 radical (unpaired) electrons. The van der Waals surface area contributed by atoms with Crippen LogP contribution >= 0.6 is 11.3 Å². The number of hydrogen-bond acceptors (Lipinski definition) is 7. The molecule has 0 fully saturated rings. The van der Waals surface area contributed by atoms with E-state index in [4.69, 9.17) is 10.4 Å². The molecule has 0 aliphatic heterocycles. The quantitative estimate of drug-likeness (QED) is 0.535. The highest BCUT2D eigenvalue weighted by Gasteiger charge is 2.17. The summed E-state index contributed by atoms with van der Waals surface area (Å²) < 4.78 is 1.79. The SMILES string of the molecule is CC(=N)c1nc(-c2nc(C)cs2)cc(NCc2cnn(C)c2)c1NC(C)C. The van der Waals surface area contributed by atoms with Crippen LogP contribution in [0.25, 0.3) is 10.7 Å². The molecule has 0 saturated heterocycles. The molecule has 0 bridgehead atoms. The van der Waals surface area contributed by atoms with Crippen molar-refractivity contribution in [3.8, 4) is 10.7 Å². The number of nitrogens with zero attached hydrogens (tertiary/aromatic N) is 4. The van der Waals surface area contributed by atoms with Crippen LogP contribution in [0.2, 0.25) is 0 Å². The van der Waals surface area contributed by atoms with E-state index in [1.54, 1.807) is 22.9 Å². The van der Waals surface area contributed by atoms with E-state index in [1.165, 1.54) is 0 Å². The highest BCUT2D eigenvalue weighted by atomic mass is 32.1. The highest BCUT2D eigenvalue weighted by Crippen LogP contribution is 2.33. The Kier molecular flexibility index (Phi) is 5.55. The number of pyridine rings is 1. The molecule has 7 nitrogen and oxygen atoms in total. The minimum Gasteiger partial charge on any atom is -0.379 e. The molecule has 0 amide bonds. The first-order valence-electron chi connectivity index (χ1n) is 8.84. The lowest BCUT2D eigenvalue weighted by molar-refractivity contribution is 0.767. The Labute approximate surface area is 163 Å². The molecule has 27 heavy (non-hydrogen) atoms. The van der Waals surface area contributed by atoms with Crippen molar-refractivity contribution < 1.29 is 0 Å².